The van der Waals surface area contributed by atoms with Crippen molar-refractivity contribution in [3.63, 3.8) is 0 Å². The Morgan fingerprint density at radius 1 is 0.917 bits per heavy atom. The van der Waals surface area contributed by atoms with Gasteiger partial charge in [-0.05, 0) is 24.3 Å². The molecule has 0 bridgehead atoms. The van der Waals surface area contributed by atoms with Crippen molar-refractivity contribution in [3.05, 3.63) is 65.5 Å². The molecule has 8 nitrogen and oxygen atoms in total. The van der Waals surface area contributed by atoms with Crippen LogP contribution in [0.3, 0.4) is 0 Å². The van der Waals surface area contributed by atoms with Crippen molar-refractivity contribution in [3.8, 4) is 0 Å². The number of imide groups is 1. The highest BCUT2D eigenvalue weighted by molar-refractivity contribution is 6.22. The fourth-order valence-corrected chi connectivity index (χ4v) is 2.27. The maximum absolute atomic E-state index is 12.1. The van der Waals surface area contributed by atoms with E-state index in [1.54, 1.807) is 12.1 Å². The number of amides is 4. The molecule has 0 radical (unpaired) electrons. The van der Waals surface area contributed by atoms with Crippen LogP contribution in [0.15, 0.2) is 48.8 Å². The molecule has 0 fully saturated rings. The molecule has 120 valence electrons. The third-order valence-electron chi connectivity index (χ3n) is 3.44. The van der Waals surface area contributed by atoms with Gasteiger partial charge < -0.3 is 0 Å². The molecule has 2 N–H and O–H groups in total. The summed E-state index contributed by atoms with van der Waals surface area (Å²) in [6.45, 7) is -0.483. The fraction of sp³-hybridized carbons (Fsp3) is 0.0625. The Morgan fingerprint density at radius 3 is 2.08 bits per heavy atom. The van der Waals surface area contributed by atoms with Crippen LogP contribution in [0, 0.1) is 0 Å². The van der Waals surface area contributed by atoms with Gasteiger partial charge in [0.1, 0.15) is 6.54 Å². The summed E-state index contributed by atoms with van der Waals surface area (Å²) in [6, 6.07) is 9.29. The molecule has 2 aromatic rings. The molecule has 8 heteroatoms. The van der Waals surface area contributed by atoms with Crippen LogP contribution in [0.2, 0.25) is 0 Å². The molecule has 1 aliphatic rings. The quantitative estimate of drug-likeness (QED) is 0.616. The van der Waals surface area contributed by atoms with Crippen molar-refractivity contribution < 1.29 is 19.2 Å². The molecule has 0 aliphatic carbocycles. The third kappa shape index (κ3) is 2.84. The predicted molar refractivity (Wildman–Crippen MR) is 81.7 cm³/mol. The van der Waals surface area contributed by atoms with E-state index in [0.29, 0.717) is 5.56 Å². The van der Waals surface area contributed by atoms with Crippen LogP contribution in [0.1, 0.15) is 31.1 Å². The first-order chi connectivity index (χ1) is 11.6. The average molecular weight is 324 g/mol. The van der Waals surface area contributed by atoms with Crippen LogP contribution in [-0.4, -0.2) is 40.1 Å². The Hall–Kier alpha value is -3.55. The fourth-order valence-electron chi connectivity index (χ4n) is 2.27. The number of hydrazine groups is 1. The zero-order valence-electron chi connectivity index (χ0n) is 12.4. The van der Waals surface area contributed by atoms with E-state index in [2.05, 4.69) is 15.8 Å². The van der Waals surface area contributed by atoms with Crippen LogP contribution in [0.5, 0.6) is 0 Å². The summed E-state index contributed by atoms with van der Waals surface area (Å²) in [4.78, 5) is 52.6. The molecule has 0 atom stereocenters. The number of fused-ring (bicyclic) bond motifs is 1. The minimum atomic E-state index is -0.688. The first kappa shape index (κ1) is 15.3. The van der Waals surface area contributed by atoms with E-state index in [9.17, 15) is 19.2 Å². The molecular formula is C16H12N4O4. The van der Waals surface area contributed by atoms with Gasteiger partial charge in [-0.25, -0.2) is 0 Å². The normalized spacial score (nSPS) is 12.8. The number of hydrogen-bond donors (Lipinski definition) is 2. The van der Waals surface area contributed by atoms with Crippen molar-refractivity contribution in [2.45, 2.75) is 0 Å². The zero-order valence-corrected chi connectivity index (χ0v) is 12.4. The molecule has 1 aliphatic heterocycles. The molecule has 0 saturated carbocycles. The average Bonchev–Trinajstić information content (AvgIpc) is 2.86. The van der Waals surface area contributed by atoms with E-state index in [-0.39, 0.29) is 11.1 Å². The molecule has 0 saturated heterocycles. The molecule has 3 rings (SSSR count). The lowest BCUT2D eigenvalue weighted by Gasteiger charge is -2.14. The minimum Gasteiger partial charge on any atom is -0.271 e. The molecule has 4 amide bonds. The van der Waals surface area contributed by atoms with E-state index < -0.39 is 30.2 Å². The van der Waals surface area contributed by atoms with Crippen molar-refractivity contribution in [2.75, 3.05) is 6.54 Å². The summed E-state index contributed by atoms with van der Waals surface area (Å²) < 4.78 is 0. The van der Waals surface area contributed by atoms with Crippen LogP contribution in [0.4, 0.5) is 0 Å². The van der Waals surface area contributed by atoms with Crippen molar-refractivity contribution in [2.24, 2.45) is 0 Å². The summed E-state index contributed by atoms with van der Waals surface area (Å²) in [5.41, 5.74) is 5.21. The van der Waals surface area contributed by atoms with E-state index in [1.807, 2.05) is 0 Å². The summed E-state index contributed by atoms with van der Waals surface area (Å²) in [5.74, 6) is -2.29. The van der Waals surface area contributed by atoms with Gasteiger partial charge >= 0.3 is 0 Å². The van der Waals surface area contributed by atoms with E-state index in [0.717, 1.165) is 4.90 Å². The number of nitrogens with one attached hydrogen (secondary N) is 2. The van der Waals surface area contributed by atoms with Gasteiger partial charge in [0.25, 0.3) is 23.6 Å². The van der Waals surface area contributed by atoms with Gasteiger partial charge in [-0.3, -0.25) is 39.9 Å². The molecule has 24 heavy (non-hydrogen) atoms. The number of pyridine rings is 1. The number of hydrogen-bond acceptors (Lipinski definition) is 5. The molecule has 1 aromatic carbocycles. The van der Waals surface area contributed by atoms with Gasteiger partial charge in [0, 0.05) is 18.0 Å². The highest BCUT2D eigenvalue weighted by Crippen LogP contribution is 2.21. The van der Waals surface area contributed by atoms with Gasteiger partial charge in [-0.1, -0.05) is 12.1 Å². The molecule has 0 spiro atoms. The highest BCUT2D eigenvalue weighted by atomic mass is 16.2. The largest absolute Gasteiger partial charge is 0.271 e. The lowest BCUT2D eigenvalue weighted by atomic mass is 10.1. The highest BCUT2D eigenvalue weighted by Gasteiger charge is 2.36. The Morgan fingerprint density at radius 2 is 1.50 bits per heavy atom. The second kappa shape index (κ2) is 6.29. The number of rotatable bonds is 3. The van der Waals surface area contributed by atoms with Gasteiger partial charge in [-0.15, -0.1) is 0 Å². The number of carbonyl (C=O) groups is 4. The second-order valence-electron chi connectivity index (χ2n) is 4.98. The second-order valence-corrected chi connectivity index (χ2v) is 4.98. The van der Waals surface area contributed by atoms with Crippen molar-refractivity contribution in [1.82, 2.24) is 20.7 Å². The van der Waals surface area contributed by atoms with Crippen LogP contribution in [0.25, 0.3) is 0 Å². The monoisotopic (exact) mass is 324 g/mol. The van der Waals surface area contributed by atoms with Crippen molar-refractivity contribution >= 4 is 23.6 Å². The summed E-state index contributed by atoms with van der Waals surface area (Å²) >= 11 is 0. The molecule has 2 heterocycles. The topological polar surface area (TPSA) is 108 Å². The summed E-state index contributed by atoms with van der Waals surface area (Å²) in [6.07, 6.45) is 2.88. The maximum Gasteiger partial charge on any atom is 0.269 e. The third-order valence-corrected chi connectivity index (χ3v) is 3.44. The number of carbonyl (C=O) groups excluding carboxylic acids is 4. The van der Waals surface area contributed by atoms with E-state index in [1.165, 1.54) is 36.7 Å². The van der Waals surface area contributed by atoms with Gasteiger partial charge in [-0.2, -0.15) is 0 Å². The molecule has 0 unspecified atom stereocenters. The zero-order chi connectivity index (χ0) is 17.1. The SMILES string of the molecule is O=C(CN1C(=O)c2ccccc2C1=O)NNC(=O)c1ccncc1. The maximum atomic E-state index is 12.1. The van der Waals surface area contributed by atoms with Crippen molar-refractivity contribution in [1.29, 1.82) is 0 Å². The smallest absolute Gasteiger partial charge is 0.269 e. The number of benzene rings is 1. The molecular weight excluding hydrogens is 312 g/mol. The Kier molecular flexibility index (Phi) is 4.02. The van der Waals surface area contributed by atoms with Crippen LogP contribution < -0.4 is 10.9 Å². The first-order valence-electron chi connectivity index (χ1n) is 7.02. The summed E-state index contributed by atoms with van der Waals surface area (Å²) in [7, 11) is 0. The Labute approximate surface area is 136 Å². The van der Waals surface area contributed by atoms with Gasteiger partial charge in [0.05, 0.1) is 11.1 Å². The minimum absolute atomic E-state index is 0.260. The van der Waals surface area contributed by atoms with E-state index >= 15 is 0 Å². The van der Waals surface area contributed by atoms with E-state index in [4.69, 9.17) is 0 Å². The summed E-state index contributed by atoms with van der Waals surface area (Å²) in [5, 5.41) is 0. The Bertz CT molecular complexity index is 800. The number of nitrogens with zero attached hydrogens (tertiary/aromatic N) is 2. The molecule has 1 aromatic heterocycles. The van der Waals surface area contributed by atoms with Gasteiger partial charge in [0.15, 0.2) is 0 Å². The Balaban J connectivity index is 1.59. The standard InChI is InChI=1S/C16H12N4O4/c21-13(18-19-14(22)10-5-7-17-8-6-10)9-20-15(23)11-3-1-2-4-12(11)16(20)24/h1-8H,9H2,(H,18,21)(H,19,22). The van der Waals surface area contributed by atoms with Crippen LogP contribution >= 0.6 is 0 Å². The van der Waals surface area contributed by atoms with Gasteiger partial charge in [0.2, 0.25) is 0 Å². The lowest BCUT2D eigenvalue weighted by Crippen LogP contribution is -2.47. The first-order valence-corrected chi connectivity index (χ1v) is 7.02. The lowest BCUT2D eigenvalue weighted by molar-refractivity contribution is -0.122. The number of aromatic nitrogens is 1. The van der Waals surface area contributed by atoms with Crippen LogP contribution in [-0.2, 0) is 4.79 Å². The predicted octanol–water partition coefficient (Wildman–Crippen LogP) is 0.139.